The molecule has 4 heteroatoms. The summed E-state index contributed by atoms with van der Waals surface area (Å²) < 4.78 is 0. The molecular weight excluding hydrogens is 228 g/mol. The van der Waals surface area contributed by atoms with Crippen LogP contribution in [0.15, 0.2) is 43.0 Å². The smallest absolute Gasteiger partial charge is 0.120 e. The van der Waals surface area contributed by atoms with Crippen LogP contribution < -0.4 is 0 Å². The molecule has 0 saturated heterocycles. The molecule has 2 N–H and O–H groups in total. The number of aromatic nitrogens is 2. The zero-order chi connectivity index (χ0) is 12.6. The predicted octanol–water partition coefficient (Wildman–Crippen LogP) is 1.83. The van der Waals surface area contributed by atoms with Crippen molar-refractivity contribution in [2.75, 3.05) is 0 Å². The molecule has 1 aliphatic rings. The minimum atomic E-state index is -1.05. The maximum atomic E-state index is 11.0. The van der Waals surface area contributed by atoms with Gasteiger partial charge in [0.15, 0.2) is 0 Å². The highest BCUT2D eigenvalue weighted by molar-refractivity contribution is 5.38. The molecule has 1 aromatic carbocycles. The fraction of sp³-hybridized carbons (Fsp3) is 0.286. The summed E-state index contributed by atoms with van der Waals surface area (Å²) in [6.07, 6.45) is 6.74. The lowest BCUT2D eigenvalue weighted by Crippen LogP contribution is -2.30. The van der Waals surface area contributed by atoms with Gasteiger partial charge in [0, 0.05) is 18.0 Å². The third-order valence-electron chi connectivity index (χ3n) is 3.48. The molecule has 0 amide bonds. The molecule has 1 unspecified atom stereocenters. The van der Waals surface area contributed by atoms with E-state index in [1.807, 2.05) is 0 Å². The number of phenols is 1. The van der Waals surface area contributed by atoms with Crippen LogP contribution in [-0.2, 0) is 5.60 Å². The van der Waals surface area contributed by atoms with E-state index in [9.17, 15) is 10.2 Å². The summed E-state index contributed by atoms with van der Waals surface area (Å²) in [7, 11) is 0. The molecule has 0 bridgehead atoms. The number of hydrogen-bond donors (Lipinski definition) is 2. The van der Waals surface area contributed by atoms with Crippen molar-refractivity contribution in [2.24, 2.45) is 5.92 Å². The lowest BCUT2D eigenvalue weighted by Gasteiger charge is -2.28. The summed E-state index contributed by atoms with van der Waals surface area (Å²) in [5, 5.41) is 20.4. The standard InChI is InChI=1S/C14H14N2O2/c17-13-5-3-11(4-6-13)14(18,10-1-2-10)12-7-15-9-16-8-12/h3-10,17-18H,1-2H2. The second-order valence-corrected chi connectivity index (χ2v) is 4.71. The van der Waals surface area contributed by atoms with Crippen molar-refractivity contribution in [1.29, 1.82) is 0 Å². The Bertz CT molecular complexity index is 537. The molecule has 1 heterocycles. The maximum Gasteiger partial charge on any atom is 0.120 e. The third-order valence-corrected chi connectivity index (χ3v) is 3.48. The van der Waals surface area contributed by atoms with E-state index >= 15 is 0 Å². The highest BCUT2D eigenvalue weighted by atomic mass is 16.3. The van der Waals surface area contributed by atoms with Gasteiger partial charge in [-0.1, -0.05) is 12.1 Å². The Balaban J connectivity index is 2.09. The Hall–Kier alpha value is -1.94. The summed E-state index contributed by atoms with van der Waals surface area (Å²) in [5.41, 5.74) is 0.436. The van der Waals surface area contributed by atoms with Gasteiger partial charge in [-0.05, 0) is 36.5 Å². The summed E-state index contributed by atoms with van der Waals surface area (Å²) in [4.78, 5) is 7.97. The number of phenolic OH excluding ortho intramolecular Hbond substituents is 1. The molecule has 3 rings (SSSR count). The number of nitrogens with zero attached hydrogens (tertiary/aromatic N) is 2. The summed E-state index contributed by atoms with van der Waals surface area (Å²) in [6, 6.07) is 6.68. The Labute approximate surface area is 105 Å². The van der Waals surface area contributed by atoms with E-state index in [1.165, 1.54) is 6.33 Å². The first-order valence-corrected chi connectivity index (χ1v) is 5.98. The fourth-order valence-corrected chi connectivity index (χ4v) is 2.35. The molecule has 1 saturated carbocycles. The van der Waals surface area contributed by atoms with Gasteiger partial charge in [-0.2, -0.15) is 0 Å². The predicted molar refractivity (Wildman–Crippen MR) is 65.9 cm³/mol. The Morgan fingerprint density at radius 1 is 1.00 bits per heavy atom. The minimum absolute atomic E-state index is 0.196. The summed E-state index contributed by atoms with van der Waals surface area (Å²) in [6.45, 7) is 0. The molecule has 1 aromatic heterocycles. The van der Waals surface area contributed by atoms with Crippen molar-refractivity contribution in [1.82, 2.24) is 9.97 Å². The van der Waals surface area contributed by atoms with Crippen molar-refractivity contribution in [3.8, 4) is 5.75 Å². The summed E-state index contributed by atoms with van der Waals surface area (Å²) in [5.74, 6) is 0.397. The van der Waals surface area contributed by atoms with E-state index in [4.69, 9.17) is 0 Å². The molecule has 1 atom stereocenters. The van der Waals surface area contributed by atoms with Crippen LogP contribution in [0.25, 0.3) is 0 Å². The van der Waals surface area contributed by atoms with E-state index in [1.54, 1.807) is 36.7 Å². The van der Waals surface area contributed by atoms with Crippen molar-refractivity contribution >= 4 is 0 Å². The summed E-state index contributed by atoms with van der Waals surface area (Å²) >= 11 is 0. The van der Waals surface area contributed by atoms with Gasteiger partial charge >= 0.3 is 0 Å². The molecule has 18 heavy (non-hydrogen) atoms. The van der Waals surface area contributed by atoms with E-state index in [2.05, 4.69) is 9.97 Å². The largest absolute Gasteiger partial charge is 0.508 e. The topological polar surface area (TPSA) is 66.2 Å². The average molecular weight is 242 g/mol. The second kappa shape index (κ2) is 4.07. The van der Waals surface area contributed by atoms with Gasteiger partial charge in [-0.15, -0.1) is 0 Å². The highest BCUT2D eigenvalue weighted by Crippen LogP contribution is 2.49. The lowest BCUT2D eigenvalue weighted by molar-refractivity contribution is 0.0556. The number of rotatable bonds is 3. The molecule has 4 nitrogen and oxygen atoms in total. The van der Waals surface area contributed by atoms with Crippen LogP contribution in [0, 0.1) is 5.92 Å². The number of aliphatic hydroxyl groups is 1. The van der Waals surface area contributed by atoms with Gasteiger partial charge in [-0.3, -0.25) is 0 Å². The first-order chi connectivity index (χ1) is 8.71. The monoisotopic (exact) mass is 242 g/mol. The average Bonchev–Trinajstić information content (AvgIpc) is 3.24. The zero-order valence-corrected chi connectivity index (χ0v) is 9.82. The molecule has 2 aromatic rings. The van der Waals surface area contributed by atoms with Gasteiger partial charge in [-0.25, -0.2) is 9.97 Å². The van der Waals surface area contributed by atoms with E-state index in [0.717, 1.165) is 18.4 Å². The van der Waals surface area contributed by atoms with Crippen LogP contribution in [0.1, 0.15) is 24.0 Å². The van der Waals surface area contributed by atoms with Crippen LogP contribution >= 0.6 is 0 Å². The molecule has 92 valence electrons. The first kappa shape index (κ1) is 11.2. The highest BCUT2D eigenvalue weighted by Gasteiger charge is 2.46. The molecule has 0 aliphatic heterocycles. The number of aromatic hydroxyl groups is 1. The fourth-order valence-electron chi connectivity index (χ4n) is 2.35. The molecule has 0 spiro atoms. The van der Waals surface area contributed by atoms with Crippen LogP contribution in [0.2, 0.25) is 0 Å². The van der Waals surface area contributed by atoms with Crippen molar-refractivity contribution in [2.45, 2.75) is 18.4 Å². The van der Waals surface area contributed by atoms with Crippen LogP contribution in [-0.4, -0.2) is 20.2 Å². The van der Waals surface area contributed by atoms with Crippen LogP contribution in [0.4, 0.5) is 0 Å². The quantitative estimate of drug-likeness (QED) is 0.861. The van der Waals surface area contributed by atoms with Gasteiger partial charge in [0.25, 0.3) is 0 Å². The number of hydrogen-bond acceptors (Lipinski definition) is 4. The lowest BCUT2D eigenvalue weighted by atomic mass is 9.83. The SMILES string of the molecule is Oc1ccc(C(O)(c2cncnc2)C2CC2)cc1. The second-order valence-electron chi connectivity index (χ2n) is 4.71. The van der Waals surface area contributed by atoms with Gasteiger partial charge in [0.05, 0.1) is 0 Å². The van der Waals surface area contributed by atoms with Crippen LogP contribution in [0.5, 0.6) is 5.75 Å². The van der Waals surface area contributed by atoms with Gasteiger partial charge < -0.3 is 10.2 Å². The van der Waals surface area contributed by atoms with Gasteiger partial charge in [0.2, 0.25) is 0 Å². The van der Waals surface area contributed by atoms with E-state index in [0.29, 0.717) is 5.56 Å². The van der Waals surface area contributed by atoms with Crippen LogP contribution in [0.3, 0.4) is 0 Å². The maximum absolute atomic E-state index is 11.0. The minimum Gasteiger partial charge on any atom is -0.508 e. The zero-order valence-electron chi connectivity index (χ0n) is 9.82. The molecule has 0 radical (unpaired) electrons. The van der Waals surface area contributed by atoms with E-state index in [-0.39, 0.29) is 11.7 Å². The van der Waals surface area contributed by atoms with Crippen molar-refractivity contribution < 1.29 is 10.2 Å². The third kappa shape index (κ3) is 1.75. The van der Waals surface area contributed by atoms with Crippen molar-refractivity contribution in [3.63, 3.8) is 0 Å². The first-order valence-electron chi connectivity index (χ1n) is 5.98. The Morgan fingerprint density at radius 3 is 2.17 bits per heavy atom. The van der Waals surface area contributed by atoms with Crippen molar-refractivity contribution in [3.05, 3.63) is 54.1 Å². The van der Waals surface area contributed by atoms with E-state index < -0.39 is 5.60 Å². The van der Waals surface area contributed by atoms with Gasteiger partial charge in [0.1, 0.15) is 17.7 Å². The molecule has 1 aliphatic carbocycles. The Morgan fingerprint density at radius 2 is 1.61 bits per heavy atom. The number of benzene rings is 1. The molecule has 1 fully saturated rings. The molecular formula is C14H14N2O2. The Kier molecular flexibility index (Phi) is 2.52. The normalized spacial score (nSPS) is 18.3.